The van der Waals surface area contributed by atoms with Crippen LogP contribution < -0.4 is 0 Å². The fourth-order valence-electron chi connectivity index (χ4n) is 3.60. The van der Waals surface area contributed by atoms with Crippen molar-refractivity contribution in [1.82, 2.24) is 0 Å². The second-order valence-electron chi connectivity index (χ2n) is 6.35. The van der Waals surface area contributed by atoms with Gasteiger partial charge in [0.2, 0.25) is 0 Å². The van der Waals surface area contributed by atoms with E-state index in [0.717, 1.165) is 31.4 Å². The molecule has 1 N–H and O–H groups in total. The Kier molecular flexibility index (Phi) is 2.77. The van der Waals surface area contributed by atoms with Gasteiger partial charge < -0.3 is 9.84 Å². The van der Waals surface area contributed by atoms with E-state index in [-0.39, 0.29) is 5.97 Å². The van der Waals surface area contributed by atoms with Gasteiger partial charge in [0.25, 0.3) is 0 Å². The molecule has 0 amide bonds. The van der Waals surface area contributed by atoms with Crippen LogP contribution in [0.5, 0.6) is 0 Å². The molecule has 4 aliphatic rings. The summed E-state index contributed by atoms with van der Waals surface area (Å²) in [6.45, 7) is 6.10. The SMILES string of the molecule is CCCC(C)(CC)C(=O)OC1=C2C3CC2C3=C(O)C1. The van der Waals surface area contributed by atoms with E-state index in [4.69, 9.17) is 4.74 Å². The number of hydrogen-bond donors (Lipinski definition) is 1. The van der Waals surface area contributed by atoms with E-state index in [2.05, 4.69) is 6.92 Å². The lowest BCUT2D eigenvalue weighted by Crippen LogP contribution is -2.50. The summed E-state index contributed by atoms with van der Waals surface area (Å²) >= 11 is 0. The number of hydrogen-bond acceptors (Lipinski definition) is 3. The number of allylic oxidation sites excluding steroid dienone is 2. The summed E-state index contributed by atoms with van der Waals surface area (Å²) in [5.41, 5.74) is 2.10. The van der Waals surface area contributed by atoms with Crippen molar-refractivity contribution in [3.05, 3.63) is 22.7 Å². The number of aliphatic hydroxyl groups excluding tert-OH is 1. The average Bonchev–Trinajstić information content (AvgIpc) is 2.24. The molecule has 3 atom stereocenters. The second kappa shape index (κ2) is 4.12. The average molecular weight is 262 g/mol. The van der Waals surface area contributed by atoms with E-state index in [1.54, 1.807) is 0 Å². The molecule has 0 heterocycles. The first kappa shape index (κ1) is 12.8. The zero-order valence-electron chi connectivity index (χ0n) is 12.0. The van der Waals surface area contributed by atoms with Gasteiger partial charge in [0.05, 0.1) is 11.8 Å². The first-order valence-corrected chi connectivity index (χ1v) is 7.39. The maximum absolute atomic E-state index is 12.4. The molecule has 0 saturated heterocycles. The summed E-state index contributed by atoms with van der Waals surface area (Å²) in [6, 6.07) is 0. The van der Waals surface area contributed by atoms with Gasteiger partial charge in [0, 0.05) is 11.8 Å². The molecule has 0 aromatic carbocycles. The third-order valence-corrected chi connectivity index (χ3v) is 5.25. The van der Waals surface area contributed by atoms with Crippen molar-refractivity contribution in [3.8, 4) is 0 Å². The smallest absolute Gasteiger partial charge is 0.316 e. The number of carbonyl (C=O) groups excluding carboxylic acids is 1. The van der Waals surface area contributed by atoms with Gasteiger partial charge in [-0.05, 0) is 37.3 Å². The molecule has 0 spiro atoms. The Bertz CT molecular complexity index is 486. The fraction of sp³-hybridized carbons (Fsp3) is 0.688. The van der Waals surface area contributed by atoms with Crippen molar-refractivity contribution >= 4 is 5.97 Å². The van der Waals surface area contributed by atoms with Crippen LogP contribution in [0, 0.1) is 17.3 Å². The van der Waals surface area contributed by atoms with E-state index in [1.165, 1.54) is 11.1 Å². The predicted octanol–water partition coefficient (Wildman–Crippen LogP) is 3.87. The molecule has 0 radical (unpaired) electrons. The molecule has 3 heteroatoms. The van der Waals surface area contributed by atoms with Crippen LogP contribution in [-0.4, -0.2) is 11.1 Å². The quantitative estimate of drug-likeness (QED) is 0.765. The molecule has 3 unspecified atom stereocenters. The summed E-state index contributed by atoms with van der Waals surface area (Å²) in [4.78, 5) is 12.4. The van der Waals surface area contributed by atoms with Crippen molar-refractivity contribution in [2.24, 2.45) is 17.3 Å². The third-order valence-electron chi connectivity index (χ3n) is 5.25. The fourth-order valence-corrected chi connectivity index (χ4v) is 3.60. The molecule has 4 rings (SSSR count). The molecule has 3 fully saturated rings. The molecule has 0 aromatic rings. The largest absolute Gasteiger partial charge is 0.512 e. The van der Waals surface area contributed by atoms with Gasteiger partial charge in [-0.1, -0.05) is 20.3 Å². The van der Waals surface area contributed by atoms with Crippen molar-refractivity contribution in [2.45, 2.75) is 52.9 Å². The molecule has 0 aliphatic heterocycles. The monoisotopic (exact) mass is 262 g/mol. The lowest BCUT2D eigenvalue weighted by atomic mass is 9.45. The lowest BCUT2D eigenvalue weighted by Gasteiger charge is -2.58. The van der Waals surface area contributed by atoms with Crippen molar-refractivity contribution in [3.63, 3.8) is 0 Å². The number of ether oxygens (including phenoxy) is 1. The molecule has 104 valence electrons. The number of carbonyl (C=O) groups is 1. The molecule has 3 saturated carbocycles. The van der Waals surface area contributed by atoms with Crippen LogP contribution in [0.15, 0.2) is 22.7 Å². The third kappa shape index (κ3) is 1.60. The molecular weight excluding hydrogens is 240 g/mol. The molecule has 4 bridgehead atoms. The maximum Gasteiger partial charge on any atom is 0.316 e. The molecule has 19 heavy (non-hydrogen) atoms. The highest BCUT2D eigenvalue weighted by Crippen LogP contribution is 2.67. The lowest BCUT2D eigenvalue weighted by molar-refractivity contribution is -0.152. The van der Waals surface area contributed by atoms with Crippen molar-refractivity contribution in [1.29, 1.82) is 0 Å². The summed E-state index contributed by atoms with van der Waals surface area (Å²) in [6.07, 6.45) is 4.18. The van der Waals surface area contributed by atoms with Crippen molar-refractivity contribution < 1.29 is 14.6 Å². The topological polar surface area (TPSA) is 46.5 Å². The Morgan fingerprint density at radius 2 is 2.05 bits per heavy atom. The van der Waals surface area contributed by atoms with E-state index in [9.17, 15) is 9.90 Å². The minimum atomic E-state index is -0.393. The van der Waals surface area contributed by atoms with Gasteiger partial charge >= 0.3 is 5.97 Å². The van der Waals surface area contributed by atoms with Crippen LogP contribution in [-0.2, 0) is 9.53 Å². The van der Waals surface area contributed by atoms with Crippen LogP contribution in [0.3, 0.4) is 0 Å². The van der Waals surface area contributed by atoms with E-state index in [0.29, 0.717) is 24.0 Å². The Hall–Kier alpha value is -1.25. The standard InChI is InChI=1S/C16H22O3/c1-4-6-16(3,5-2)15(18)19-12-8-11(17)13-9-7-10(13)14(9)12/h9-10,17H,4-8H2,1-3H3. The summed E-state index contributed by atoms with van der Waals surface area (Å²) in [7, 11) is 0. The van der Waals surface area contributed by atoms with Gasteiger partial charge in [-0.15, -0.1) is 0 Å². The highest BCUT2D eigenvalue weighted by atomic mass is 16.5. The van der Waals surface area contributed by atoms with Crippen LogP contribution >= 0.6 is 0 Å². The zero-order chi connectivity index (χ0) is 13.8. The zero-order valence-corrected chi connectivity index (χ0v) is 12.0. The summed E-state index contributed by atoms with van der Waals surface area (Å²) in [5.74, 6) is 1.88. The maximum atomic E-state index is 12.4. The highest BCUT2D eigenvalue weighted by Gasteiger charge is 2.59. The van der Waals surface area contributed by atoms with Gasteiger partial charge in [0.1, 0.15) is 11.5 Å². The summed E-state index contributed by atoms with van der Waals surface area (Å²) < 4.78 is 5.67. The molecule has 3 nitrogen and oxygen atoms in total. The number of esters is 1. The first-order valence-electron chi connectivity index (χ1n) is 7.39. The molecular formula is C16H22O3. The van der Waals surface area contributed by atoms with E-state index >= 15 is 0 Å². The van der Waals surface area contributed by atoms with Gasteiger partial charge in [-0.25, -0.2) is 0 Å². The number of aliphatic hydroxyl groups is 1. The first-order chi connectivity index (χ1) is 9.01. The van der Waals surface area contributed by atoms with Crippen molar-refractivity contribution in [2.75, 3.05) is 0 Å². The van der Waals surface area contributed by atoms with Crippen LogP contribution in [0.1, 0.15) is 52.9 Å². The molecule has 4 aliphatic carbocycles. The van der Waals surface area contributed by atoms with E-state index < -0.39 is 5.41 Å². The predicted molar refractivity (Wildman–Crippen MR) is 72.3 cm³/mol. The van der Waals surface area contributed by atoms with Gasteiger partial charge in [-0.3, -0.25) is 4.79 Å². The minimum absolute atomic E-state index is 0.123. The van der Waals surface area contributed by atoms with Crippen LogP contribution in [0.2, 0.25) is 0 Å². The Morgan fingerprint density at radius 3 is 2.53 bits per heavy atom. The Morgan fingerprint density at radius 1 is 1.37 bits per heavy atom. The van der Waals surface area contributed by atoms with Crippen LogP contribution in [0.4, 0.5) is 0 Å². The van der Waals surface area contributed by atoms with Crippen LogP contribution in [0.25, 0.3) is 0 Å². The Labute approximate surface area is 114 Å². The Balaban J connectivity index is 1.73. The van der Waals surface area contributed by atoms with Gasteiger partial charge in [-0.2, -0.15) is 0 Å². The highest BCUT2D eigenvalue weighted by molar-refractivity contribution is 5.78. The van der Waals surface area contributed by atoms with E-state index in [1.807, 2.05) is 13.8 Å². The minimum Gasteiger partial charge on any atom is -0.512 e. The molecule has 0 aromatic heterocycles. The summed E-state index contributed by atoms with van der Waals surface area (Å²) in [5, 5.41) is 9.92. The second-order valence-corrected chi connectivity index (χ2v) is 6.35. The van der Waals surface area contributed by atoms with Gasteiger partial charge in [0.15, 0.2) is 0 Å². The normalized spacial score (nSPS) is 30.5. The number of rotatable bonds is 5.